The maximum atomic E-state index is 13.5. The third kappa shape index (κ3) is 18.9. The summed E-state index contributed by atoms with van der Waals surface area (Å²) in [4.78, 5) is 44.0. The number of amides is 1. The van der Waals surface area contributed by atoms with Crippen LogP contribution in [-0.4, -0.2) is 74.1 Å². The third-order valence-electron chi connectivity index (χ3n) is 18.2. The van der Waals surface area contributed by atoms with E-state index in [1.807, 2.05) is 0 Å². The molecule has 69 heavy (non-hydrogen) atoms. The zero-order valence-electron chi connectivity index (χ0n) is 46.7. The molecule has 0 N–H and O–H groups in total. The molecule has 0 aromatic heterocycles. The summed E-state index contributed by atoms with van der Waals surface area (Å²) in [5.74, 6) is 4.23. The number of ether oxygens (including phenoxy) is 2. The van der Waals surface area contributed by atoms with Crippen LogP contribution in [0.4, 0.5) is 0 Å². The number of hydrogen-bond acceptors (Lipinski definition) is 6. The molecule has 4 rings (SSSR count). The average Bonchev–Trinajstić information content (AvgIpc) is 3.68. The first-order valence-electron chi connectivity index (χ1n) is 29.5. The smallest absolute Gasteiger partial charge is 0.308 e. The highest BCUT2D eigenvalue weighted by Gasteiger charge is 2.57. The largest absolute Gasteiger partial charge is 0.465 e. The Kier molecular flexibility index (Phi) is 26.8. The molecule has 7 nitrogen and oxygen atoms in total. The number of esters is 2. The second-order valence-corrected chi connectivity index (χ2v) is 24.1. The van der Waals surface area contributed by atoms with Gasteiger partial charge in [0, 0.05) is 32.4 Å². The fourth-order valence-corrected chi connectivity index (χ4v) is 13.2. The second-order valence-electron chi connectivity index (χ2n) is 24.1. The third-order valence-corrected chi connectivity index (χ3v) is 18.2. The minimum atomic E-state index is -0.0746. The van der Waals surface area contributed by atoms with Crippen molar-refractivity contribution in [3.63, 3.8) is 0 Å². The molecule has 0 aliphatic heterocycles. The van der Waals surface area contributed by atoms with E-state index in [0.29, 0.717) is 54.5 Å². The standard InChI is InChI=1S/C62H108N2O5/c1-11-13-15-17-18-23-30-51(29-22-16-14-12-2)60(67)68-46-27-20-19-26-44-64(45-28-43-63(9)10)58(65)31-24-21-25-32-59(66)69-53-39-41-61(7)52(47-53)35-36-54-56-38-37-55(62(56,8)42-40-57(54)61)50(6)34-33-49(5)48(3)4/h33-36,48-51,53,55-57H,11-32,37-47H2,1-10H3/b34-33+. The summed E-state index contributed by atoms with van der Waals surface area (Å²) in [6.45, 7) is 22.2. The lowest BCUT2D eigenvalue weighted by Crippen LogP contribution is -2.46. The first-order valence-corrected chi connectivity index (χ1v) is 29.5. The zero-order chi connectivity index (χ0) is 50.2. The van der Waals surface area contributed by atoms with E-state index in [1.54, 1.807) is 5.57 Å². The fraction of sp³-hybridized carbons (Fsp3) is 0.855. The van der Waals surface area contributed by atoms with Gasteiger partial charge < -0.3 is 19.3 Å². The van der Waals surface area contributed by atoms with E-state index in [1.165, 1.54) is 82.6 Å². The number of nitrogens with zero attached hydrogens (tertiary/aromatic N) is 2. The van der Waals surface area contributed by atoms with Gasteiger partial charge in [0.1, 0.15) is 6.10 Å². The molecule has 4 aliphatic rings. The molecule has 9 unspecified atom stereocenters. The Bertz CT molecular complexity index is 1600. The molecule has 0 bridgehead atoms. The summed E-state index contributed by atoms with van der Waals surface area (Å²) in [5.41, 5.74) is 3.79. The molecule has 7 heteroatoms. The molecule has 396 valence electrons. The number of unbranched alkanes of at least 4 members (excludes halogenated alkanes) is 13. The van der Waals surface area contributed by atoms with Crippen molar-refractivity contribution in [1.29, 1.82) is 0 Å². The van der Waals surface area contributed by atoms with Crippen LogP contribution in [0.5, 0.6) is 0 Å². The Morgan fingerprint density at radius 1 is 0.681 bits per heavy atom. The molecule has 3 fully saturated rings. The topological polar surface area (TPSA) is 76.2 Å². The van der Waals surface area contributed by atoms with Gasteiger partial charge in [-0.3, -0.25) is 14.4 Å². The van der Waals surface area contributed by atoms with Gasteiger partial charge in [0.05, 0.1) is 12.5 Å². The van der Waals surface area contributed by atoms with Crippen molar-refractivity contribution >= 4 is 17.8 Å². The van der Waals surface area contributed by atoms with Crippen LogP contribution in [0.15, 0.2) is 35.5 Å². The van der Waals surface area contributed by atoms with E-state index in [9.17, 15) is 14.4 Å². The van der Waals surface area contributed by atoms with Crippen molar-refractivity contribution in [2.45, 2.75) is 248 Å². The van der Waals surface area contributed by atoms with E-state index in [-0.39, 0.29) is 35.3 Å². The van der Waals surface area contributed by atoms with Crippen LogP contribution in [0.25, 0.3) is 0 Å². The van der Waals surface area contributed by atoms with Gasteiger partial charge in [-0.15, -0.1) is 0 Å². The summed E-state index contributed by atoms with van der Waals surface area (Å²) in [6.07, 6.45) is 40.6. The lowest BCUT2D eigenvalue weighted by Gasteiger charge is -2.55. The SMILES string of the molecule is CCCCCCCCC(CCCCCC)C(=O)OCCCCCCN(CCCN(C)C)C(=O)CCCCCC(=O)OC1CCC2(C)C(=CC=C3C2CCC2(C)C3CCC2C(C)/C=C/C(C)C(C)C)C1. The lowest BCUT2D eigenvalue weighted by molar-refractivity contribution is -0.151. The molecule has 0 spiro atoms. The van der Waals surface area contributed by atoms with E-state index in [2.05, 4.69) is 104 Å². The Morgan fingerprint density at radius 2 is 1.32 bits per heavy atom. The monoisotopic (exact) mass is 961 g/mol. The normalized spacial score (nSPS) is 25.7. The molecule has 0 heterocycles. The molecule has 0 saturated heterocycles. The Labute approximate surface area is 425 Å². The molecular weight excluding hydrogens is 853 g/mol. The van der Waals surface area contributed by atoms with Gasteiger partial charge in [-0.2, -0.15) is 0 Å². The van der Waals surface area contributed by atoms with Gasteiger partial charge in [-0.1, -0.05) is 168 Å². The number of carbonyl (C=O) groups is 3. The quantitative estimate of drug-likeness (QED) is 0.0358. The summed E-state index contributed by atoms with van der Waals surface area (Å²) < 4.78 is 12.0. The van der Waals surface area contributed by atoms with Crippen molar-refractivity contribution in [2.75, 3.05) is 40.3 Å². The molecule has 4 aliphatic carbocycles. The predicted octanol–water partition coefficient (Wildman–Crippen LogP) is 16.1. The van der Waals surface area contributed by atoms with Crippen molar-refractivity contribution < 1.29 is 23.9 Å². The first kappa shape index (κ1) is 59.2. The maximum absolute atomic E-state index is 13.5. The van der Waals surface area contributed by atoms with E-state index < -0.39 is 0 Å². The van der Waals surface area contributed by atoms with Crippen molar-refractivity contribution in [3.8, 4) is 0 Å². The fourth-order valence-electron chi connectivity index (χ4n) is 13.2. The van der Waals surface area contributed by atoms with Gasteiger partial charge >= 0.3 is 11.9 Å². The van der Waals surface area contributed by atoms with Gasteiger partial charge in [-0.05, 0) is 157 Å². The lowest BCUT2D eigenvalue weighted by atomic mass is 9.50. The van der Waals surface area contributed by atoms with Crippen molar-refractivity contribution in [2.24, 2.45) is 52.3 Å². The highest BCUT2D eigenvalue weighted by Crippen LogP contribution is 2.66. The number of rotatable bonds is 35. The minimum absolute atomic E-state index is 0.0221. The number of hydrogen-bond donors (Lipinski definition) is 0. The number of carbonyl (C=O) groups excluding carboxylic acids is 3. The summed E-state index contributed by atoms with van der Waals surface area (Å²) in [7, 11) is 4.17. The molecule has 0 aromatic rings. The summed E-state index contributed by atoms with van der Waals surface area (Å²) in [6, 6.07) is 0. The Morgan fingerprint density at radius 3 is 2.03 bits per heavy atom. The van der Waals surface area contributed by atoms with Gasteiger partial charge in [0.15, 0.2) is 0 Å². The number of fused-ring (bicyclic) bond motifs is 5. The number of allylic oxidation sites excluding steroid dienone is 5. The Hall–Kier alpha value is -2.41. The average molecular weight is 962 g/mol. The minimum Gasteiger partial charge on any atom is -0.465 e. The first-order chi connectivity index (χ1) is 33.1. The van der Waals surface area contributed by atoms with Crippen molar-refractivity contribution in [1.82, 2.24) is 9.80 Å². The molecule has 0 aromatic carbocycles. The van der Waals surface area contributed by atoms with Crippen molar-refractivity contribution in [3.05, 3.63) is 35.5 Å². The van der Waals surface area contributed by atoms with Crippen LogP contribution in [0.2, 0.25) is 0 Å². The highest BCUT2D eigenvalue weighted by atomic mass is 16.5. The molecule has 0 radical (unpaired) electrons. The van der Waals surface area contributed by atoms with Crippen LogP contribution >= 0.6 is 0 Å². The summed E-state index contributed by atoms with van der Waals surface area (Å²) in [5, 5.41) is 0. The molecular formula is C62H108N2O5. The van der Waals surface area contributed by atoms with Gasteiger partial charge in [0.2, 0.25) is 5.91 Å². The molecule has 1 amide bonds. The molecule has 9 atom stereocenters. The predicted molar refractivity (Wildman–Crippen MR) is 290 cm³/mol. The Balaban J connectivity index is 1.14. The van der Waals surface area contributed by atoms with Crippen LogP contribution in [0.1, 0.15) is 242 Å². The van der Waals surface area contributed by atoms with Crippen LogP contribution in [0, 0.1) is 52.3 Å². The van der Waals surface area contributed by atoms with E-state index >= 15 is 0 Å². The van der Waals surface area contributed by atoms with Crippen LogP contribution < -0.4 is 0 Å². The van der Waals surface area contributed by atoms with Crippen LogP contribution in [0.3, 0.4) is 0 Å². The van der Waals surface area contributed by atoms with E-state index in [0.717, 1.165) is 122 Å². The van der Waals surface area contributed by atoms with E-state index in [4.69, 9.17) is 9.47 Å². The highest BCUT2D eigenvalue weighted by molar-refractivity contribution is 5.76. The molecule has 3 saturated carbocycles. The second kappa shape index (κ2) is 31.2. The van der Waals surface area contributed by atoms with Gasteiger partial charge in [0.25, 0.3) is 0 Å². The zero-order valence-corrected chi connectivity index (χ0v) is 46.7. The van der Waals surface area contributed by atoms with Crippen LogP contribution in [-0.2, 0) is 23.9 Å². The van der Waals surface area contributed by atoms with Gasteiger partial charge in [-0.25, -0.2) is 0 Å². The maximum Gasteiger partial charge on any atom is 0.308 e. The summed E-state index contributed by atoms with van der Waals surface area (Å²) >= 11 is 0.